The molecular formula is C17H16N2O4. The Kier molecular flexibility index (Phi) is 4.72. The molecule has 0 heterocycles. The van der Waals surface area contributed by atoms with Gasteiger partial charge in [-0.3, -0.25) is 4.99 Å². The molecule has 0 aliphatic rings. The summed E-state index contributed by atoms with van der Waals surface area (Å²) >= 11 is 0. The van der Waals surface area contributed by atoms with Crippen LogP contribution in [0.4, 0.5) is 0 Å². The molecule has 0 aliphatic heterocycles. The van der Waals surface area contributed by atoms with Crippen molar-refractivity contribution in [2.45, 2.75) is 0 Å². The van der Waals surface area contributed by atoms with Crippen LogP contribution in [0.25, 0.3) is 11.1 Å². The van der Waals surface area contributed by atoms with Crippen LogP contribution in [0.3, 0.4) is 0 Å². The Hall–Kier alpha value is -3.20. The number of methoxy groups -OCH3 is 2. The molecule has 6 heteroatoms. The smallest absolute Gasteiger partial charge is 0.165 e. The molecular weight excluding hydrogens is 296 g/mol. The zero-order valence-electron chi connectivity index (χ0n) is 13.0. The number of phenolic OH excluding ortho intramolecular Hbond substituents is 2. The molecule has 0 atom stereocenters. The summed E-state index contributed by atoms with van der Waals surface area (Å²) in [6.45, 7) is 0. The largest absolute Gasteiger partial charge is 0.504 e. The summed E-state index contributed by atoms with van der Waals surface area (Å²) in [4.78, 5) is 3.93. The van der Waals surface area contributed by atoms with Crippen LogP contribution in [-0.4, -0.2) is 37.7 Å². The minimum atomic E-state index is -0.172. The lowest BCUT2D eigenvalue weighted by molar-refractivity contribution is 0.371. The highest BCUT2D eigenvalue weighted by atomic mass is 16.5. The Labute approximate surface area is 133 Å². The van der Waals surface area contributed by atoms with E-state index < -0.39 is 0 Å². The van der Waals surface area contributed by atoms with Crippen molar-refractivity contribution < 1.29 is 19.7 Å². The summed E-state index contributed by atoms with van der Waals surface area (Å²) in [6.07, 6.45) is 1.59. The van der Waals surface area contributed by atoms with Gasteiger partial charge in [0, 0.05) is 30.5 Å². The SMILES string of the molecule is C/N=C/c1cc(OC)c(O)c(-c2cc(C#N)cc(OC)c2O)c1. The molecule has 0 bridgehead atoms. The van der Waals surface area contributed by atoms with Gasteiger partial charge in [-0.05, 0) is 23.8 Å². The molecule has 0 unspecified atom stereocenters. The highest BCUT2D eigenvalue weighted by Crippen LogP contribution is 2.45. The number of hydrogen-bond acceptors (Lipinski definition) is 6. The van der Waals surface area contributed by atoms with E-state index in [1.54, 1.807) is 25.4 Å². The van der Waals surface area contributed by atoms with Crippen molar-refractivity contribution in [2.75, 3.05) is 21.3 Å². The molecule has 2 aromatic carbocycles. The van der Waals surface area contributed by atoms with Crippen LogP contribution in [-0.2, 0) is 0 Å². The third-order valence-corrected chi connectivity index (χ3v) is 3.31. The lowest BCUT2D eigenvalue weighted by atomic mass is 9.98. The Bertz CT molecular complexity index is 807. The second kappa shape index (κ2) is 6.71. The standard InChI is InChI=1S/C17H16N2O4/c1-19-9-11-5-13(17(21)15(7-11)23-3)12-4-10(8-18)6-14(22-2)16(12)20/h4-7,9,20-21H,1-3H3/b19-9+. The molecule has 0 aliphatic carbocycles. The second-order valence-electron chi connectivity index (χ2n) is 4.69. The van der Waals surface area contributed by atoms with Crippen molar-refractivity contribution in [3.05, 3.63) is 35.4 Å². The summed E-state index contributed by atoms with van der Waals surface area (Å²) in [6, 6.07) is 8.15. The maximum atomic E-state index is 10.4. The molecule has 2 rings (SSSR count). The number of nitrogens with zero attached hydrogens (tertiary/aromatic N) is 2. The molecule has 0 saturated heterocycles. The van der Waals surface area contributed by atoms with Gasteiger partial charge >= 0.3 is 0 Å². The maximum absolute atomic E-state index is 10.4. The normalized spacial score (nSPS) is 10.5. The molecule has 0 radical (unpaired) electrons. The number of nitriles is 1. The van der Waals surface area contributed by atoms with Crippen molar-refractivity contribution in [2.24, 2.45) is 4.99 Å². The zero-order valence-corrected chi connectivity index (χ0v) is 13.0. The van der Waals surface area contributed by atoms with Gasteiger partial charge in [-0.1, -0.05) is 0 Å². The van der Waals surface area contributed by atoms with E-state index in [1.165, 1.54) is 26.4 Å². The fourth-order valence-corrected chi connectivity index (χ4v) is 2.25. The number of aliphatic imine (C=N–C) groups is 1. The topological polar surface area (TPSA) is 95.1 Å². The summed E-state index contributed by atoms with van der Waals surface area (Å²) in [5.41, 5.74) is 1.55. The van der Waals surface area contributed by atoms with E-state index >= 15 is 0 Å². The van der Waals surface area contributed by atoms with Crippen LogP contribution in [0.2, 0.25) is 0 Å². The molecule has 0 spiro atoms. The highest BCUT2D eigenvalue weighted by molar-refractivity contribution is 5.88. The zero-order chi connectivity index (χ0) is 17.0. The molecule has 23 heavy (non-hydrogen) atoms. The Morgan fingerprint density at radius 2 is 1.57 bits per heavy atom. The van der Waals surface area contributed by atoms with E-state index in [2.05, 4.69) is 4.99 Å². The summed E-state index contributed by atoms with van der Waals surface area (Å²) in [5.74, 6) is 0.0627. The molecule has 2 aromatic rings. The van der Waals surface area contributed by atoms with Crippen LogP contribution in [0, 0.1) is 11.3 Å². The van der Waals surface area contributed by atoms with Gasteiger partial charge in [0.15, 0.2) is 23.0 Å². The van der Waals surface area contributed by atoms with E-state index in [1.807, 2.05) is 6.07 Å². The van der Waals surface area contributed by atoms with Crippen LogP contribution in [0.1, 0.15) is 11.1 Å². The molecule has 6 nitrogen and oxygen atoms in total. The van der Waals surface area contributed by atoms with Gasteiger partial charge in [-0.15, -0.1) is 0 Å². The Morgan fingerprint density at radius 3 is 2.09 bits per heavy atom. The van der Waals surface area contributed by atoms with E-state index in [0.29, 0.717) is 16.7 Å². The van der Waals surface area contributed by atoms with Crippen LogP contribution < -0.4 is 9.47 Å². The van der Waals surface area contributed by atoms with Crippen molar-refractivity contribution in [1.82, 2.24) is 0 Å². The van der Waals surface area contributed by atoms with E-state index in [-0.39, 0.29) is 28.6 Å². The maximum Gasteiger partial charge on any atom is 0.165 e. The first-order chi connectivity index (χ1) is 11.0. The number of rotatable bonds is 4. The van der Waals surface area contributed by atoms with Crippen molar-refractivity contribution in [3.8, 4) is 40.2 Å². The van der Waals surface area contributed by atoms with Gasteiger partial charge in [0.1, 0.15) is 0 Å². The fraction of sp³-hybridized carbons (Fsp3) is 0.176. The van der Waals surface area contributed by atoms with Gasteiger partial charge in [-0.25, -0.2) is 0 Å². The Balaban J connectivity index is 2.80. The number of aromatic hydroxyl groups is 2. The fourth-order valence-electron chi connectivity index (χ4n) is 2.25. The average molecular weight is 312 g/mol. The minimum Gasteiger partial charge on any atom is -0.504 e. The summed E-state index contributed by atoms with van der Waals surface area (Å²) in [7, 11) is 4.44. The van der Waals surface area contributed by atoms with Crippen molar-refractivity contribution in [3.63, 3.8) is 0 Å². The lowest BCUT2D eigenvalue weighted by Gasteiger charge is -2.14. The second-order valence-corrected chi connectivity index (χ2v) is 4.69. The van der Waals surface area contributed by atoms with Crippen molar-refractivity contribution >= 4 is 6.21 Å². The van der Waals surface area contributed by atoms with Crippen LogP contribution in [0.15, 0.2) is 29.3 Å². The highest BCUT2D eigenvalue weighted by Gasteiger charge is 2.18. The van der Waals surface area contributed by atoms with Gasteiger partial charge in [0.05, 0.1) is 25.9 Å². The number of hydrogen-bond donors (Lipinski definition) is 2. The van der Waals surface area contributed by atoms with E-state index in [0.717, 1.165) is 0 Å². The minimum absolute atomic E-state index is 0.145. The number of phenols is 2. The van der Waals surface area contributed by atoms with E-state index in [9.17, 15) is 10.2 Å². The molecule has 118 valence electrons. The molecule has 0 aromatic heterocycles. The molecule has 0 saturated carbocycles. The number of ether oxygens (including phenoxy) is 2. The predicted octanol–water partition coefficient (Wildman–Crippen LogP) is 2.70. The quantitative estimate of drug-likeness (QED) is 0.846. The third-order valence-electron chi connectivity index (χ3n) is 3.31. The van der Waals surface area contributed by atoms with Crippen LogP contribution in [0.5, 0.6) is 23.0 Å². The molecule has 0 fully saturated rings. The first-order valence-corrected chi connectivity index (χ1v) is 6.70. The van der Waals surface area contributed by atoms with Crippen LogP contribution >= 0.6 is 0 Å². The van der Waals surface area contributed by atoms with Crippen molar-refractivity contribution in [1.29, 1.82) is 5.26 Å². The summed E-state index contributed by atoms with van der Waals surface area (Å²) in [5, 5.41) is 29.9. The molecule has 2 N–H and O–H groups in total. The van der Waals surface area contributed by atoms with Gasteiger partial charge < -0.3 is 19.7 Å². The third kappa shape index (κ3) is 3.04. The summed E-state index contributed by atoms with van der Waals surface area (Å²) < 4.78 is 10.2. The lowest BCUT2D eigenvalue weighted by Crippen LogP contribution is -1.93. The first kappa shape index (κ1) is 16.2. The number of benzene rings is 2. The predicted molar refractivity (Wildman–Crippen MR) is 86.5 cm³/mol. The van der Waals surface area contributed by atoms with Gasteiger partial charge in [-0.2, -0.15) is 5.26 Å². The van der Waals surface area contributed by atoms with Gasteiger partial charge in [0.25, 0.3) is 0 Å². The average Bonchev–Trinajstić information content (AvgIpc) is 2.57. The monoisotopic (exact) mass is 312 g/mol. The van der Waals surface area contributed by atoms with Gasteiger partial charge in [0.2, 0.25) is 0 Å². The first-order valence-electron chi connectivity index (χ1n) is 6.70. The molecule has 0 amide bonds. The Morgan fingerprint density at radius 1 is 1.00 bits per heavy atom. The van der Waals surface area contributed by atoms with E-state index in [4.69, 9.17) is 14.7 Å².